The van der Waals surface area contributed by atoms with Crippen molar-refractivity contribution in [3.8, 4) is 0 Å². The fraction of sp³-hybridized carbons (Fsp3) is 0.400. The van der Waals surface area contributed by atoms with Crippen LogP contribution in [0.3, 0.4) is 0 Å². The Balaban J connectivity index is 2.45. The third-order valence-corrected chi connectivity index (χ3v) is 4.68. The SMILES string of the molecule is Nc1cccc(F)c1S(=O)(=O)N1CCC(O)C1. The number of benzene rings is 1. The smallest absolute Gasteiger partial charge is 0.248 e. The van der Waals surface area contributed by atoms with Gasteiger partial charge in [-0.3, -0.25) is 0 Å². The summed E-state index contributed by atoms with van der Waals surface area (Å²) in [6, 6.07) is 3.74. The zero-order chi connectivity index (χ0) is 12.6. The number of rotatable bonds is 2. The number of anilines is 1. The molecule has 1 aliphatic heterocycles. The topological polar surface area (TPSA) is 83.6 Å². The number of nitrogen functional groups attached to an aromatic ring is 1. The minimum absolute atomic E-state index is 0.0178. The molecule has 0 amide bonds. The summed E-state index contributed by atoms with van der Waals surface area (Å²) in [6.07, 6.45) is -0.342. The highest BCUT2D eigenvalue weighted by Gasteiger charge is 2.34. The van der Waals surface area contributed by atoms with Crippen molar-refractivity contribution in [3.63, 3.8) is 0 Å². The Morgan fingerprint density at radius 2 is 2.18 bits per heavy atom. The number of hydrogen-bond donors (Lipinski definition) is 2. The molecule has 0 spiro atoms. The first-order valence-electron chi connectivity index (χ1n) is 5.15. The Morgan fingerprint density at radius 3 is 2.71 bits per heavy atom. The molecule has 0 bridgehead atoms. The maximum Gasteiger partial charge on any atom is 0.248 e. The van der Waals surface area contributed by atoms with Crippen LogP contribution in [-0.4, -0.2) is 37.0 Å². The van der Waals surface area contributed by atoms with Crippen LogP contribution in [0.1, 0.15) is 6.42 Å². The molecule has 2 rings (SSSR count). The van der Waals surface area contributed by atoms with Crippen molar-refractivity contribution in [2.45, 2.75) is 17.4 Å². The van der Waals surface area contributed by atoms with Crippen molar-refractivity contribution in [1.29, 1.82) is 0 Å². The lowest BCUT2D eigenvalue weighted by Gasteiger charge is -2.17. The van der Waals surface area contributed by atoms with Gasteiger partial charge < -0.3 is 10.8 Å². The lowest BCUT2D eigenvalue weighted by atomic mass is 10.3. The number of halogens is 1. The number of nitrogens with two attached hydrogens (primary N) is 1. The molecule has 17 heavy (non-hydrogen) atoms. The summed E-state index contributed by atoms with van der Waals surface area (Å²) in [5.74, 6) is -0.869. The first kappa shape index (κ1) is 12.3. The van der Waals surface area contributed by atoms with E-state index < -0.39 is 26.8 Å². The number of β-amino-alcohol motifs (C(OH)–C–C–N with tert-alkyl or cyclic N) is 1. The van der Waals surface area contributed by atoms with E-state index in [1.165, 1.54) is 12.1 Å². The lowest BCUT2D eigenvalue weighted by Crippen LogP contribution is -2.31. The summed E-state index contributed by atoms with van der Waals surface area (Å²) in [6.45, 7) is 0.160. The number of aliphatic hydroxyl groups excluding tert-OH is 1. The molecule has 1 aliphatic rings. The van der Waals surface area contributed by atoms with E-state index in [9.17, 15) is 17.9 Å². The van der Waals surface area contributed by atoms with Gasteiger partial charge in [-0.05, 0) is 18.6 Å². The van der Waals surface area contributed by atoms with Gasteiger partial charge in [0, 0.05) is 13.1 Å². The Morgan fingerprint density at radius 1 is 1.47 bits per heavy atom. The summed E-state index contributed by atoms with van der Waals surface area (Å²) in [4.78, 5) is -0.505. The fourth-order valence-electron chi connectivity index (χ4n) is 1.86. The van der Waals surface area contributed by atoms with E-state index in [4.69, 9.17) is 5.73 Å². The van der Waals surface area contributed by atoms with Crippen LogP contribution in [0.5, 0.6) is 0 Å². The maximum atomic E-state index is 13.5. The summed E-state index contributed by atoms with van der Waals surface area (Å²) < 4.78 is 38.8. The monoisotopic (exact) mass is 260 g/mol. The van der Waals surface area contributed by atoms with Gasteiger partial charge in [-0.1, -0.05) is 6.07 Å². The molecule has 0 aliphatic carbocycles. The third-order valence-electron chi connectivity index (χ3n) is 2.72. The molecule has 1 fully saturated rings. The van der Waals surface area contributed by atoms with Gasteiger partial charge in [0.15, 0.2) is 0 Å². The Labute approximate surface area is 98.7 Å². The Bertz CT molecular complexity index is 512. The van der Waals surface area contributed by atoms with Crippen molar-refractivity contribution in [2.75, 3.05) is 18.8 Å². The molecule has 1 aromatic rings. The summed E-state index contributed by atoms with van der Waals surface area (Å²) in [5, 5.41) is 9.32. The van der Waals surface area contributed by atoms with E-state index in [-0.39, 0.29) is 18.8 Å². The molecule has 0 radical (unpaired) electrons. The second kappa shape index (κ2) is 4.25. The molecule has 1 aromatic carbocycles. The minimum atomic E-state index is -3.96. The van der Waals surface area contributed by atoms with Gasteiger partial charge in [0.1, 0.15) is 10.7 Å². The molecule has 7 heteroatoms. The first-order chi connectivity index (χ1) is 7.93. The van der Waals surface area contributed by atoms with Crippen molar-refractivity contribution in [3.05, 3.63) is 24.0 Å². The van der Waals surface area contributed by atoms with Crippen molar-refractivity contribution >= 4 is 15.7 Å². The molecule has 1 heterocycles. The lowest BCUT2D eigenvalue weighted by molar-refractivity contribution is 0.189. The summed E-state index contributed by atoms with van der Waals surface area (Å²) >= 11 is 0. The zero-order valence-corrected chi connectivity index (χ0v) is 9.82. The quantitative estimate of drug-likeness (QED) is 0.742. The first-order valence-corrected chi connectivity index (χ1v) is 6.59. The molecule has 3 N–H and O–H groups in total. The van der Waals surface area contributed by atoms with Crippen LogP contribution in [0, 0.1) is 5.82 Å². The molecule has 1 saturated heterocycles. The molecule has 1 unspecified atom stereocenters. The van der Waals surface area contributed by atoms with Gasteiger partial charge >= 0.3 is 0 Å². The van der Waals surface area contributed by atoms with Crippen molar-refractivity contribution in [2.24, 2.45) is 0 Å². The normalized spacial score (nSPS) is 21.9. The molecular formula is C10H13FN2O3S. The van der Waals surface area contributed by atoms with E-state index >= 15 is 0 Å². The largest absolute Gasteiger partial charge is 0.398 e. The molecular weight excluding hydrogens is 247 g/mol. The van der Waals surface area contributed by atoms with Gasteiger partial charge in [0.2, 0.25) is 10.0 Å². The van der Waals surface area contributed by atoms with Gasteiger partial charge in [-0.15, -0.1) is 0 Å². The number of hydrogen-bond acceptors (Lipinski definition) is 4. The van der Waals surface area contributed by atoms with Crippen LogP contribution in [-0.2, 0) is 10.0 Å². The summed E-state index contributed by atoms with van der Waals surface area (Å²) in [5.41, 5.74) is 5.38. The molecule has 0 aromatic heterocycles. The second-order valence-electron chi connectivity index (χ2n) is 3.96. The standard InChI is InChI=1S/C10H13FN2O3S/c11-8-2-1-3-9(12)10(8)17(15,16)13-5-4-7(14)6-13/h1-3,7,14H,4-6,12H2. The van der Waals surface area contributed by atoms with E-state index in [0.717, 1.165) is 10.4 Å². The van der Waals surface area contributed by atoms with E-state index in [2.05, 4.69) is 0 Å². The molecule has 94 valence electrons. The Hall–Kier alpha value is -1.18. The van der Waals surface area contributed by atoms with Crippen LogP contribution in [0.4, 0.5) is 10.1 Å². The van der Waals surface area contributed by atoms with Gasteiger partial charge in [-0.2, -0.15) is 4.31 Å². The van der Waals surface area contributed by atoms with Gasteiger partial charge in [0.25, 0.3) is 0 Å². The predicted octanol–water partition coefficient (Wildman–Crippen LogP) is 0.163. The minimum Gasteiger partial charge on any atom is -0.398 e. The predicted molar refractivity (Wildman–Crippen MR) is 60.2 cm³/mol. The summed E-state index contributed by atoms with van der Waals surface area (Å²) in [7, 11) is -3.96. The highest BCUT2D eigenvalue weighted by Crippen LogP contribution is 2.27. The second-order valence-corrected chi connectivity index (χ2v) is 5.84. The fourth-order valence-corrected chi connectivity index (χ4v) is 3.51. The van der Waals surface area contributed by atoms with E-state index in [0.29, 0.717) is 6.42 Å². The van der Waals surface area contributed by atoms with Crippen molar-refractivity contribution < 1.29 is 17.9 Å². The number of aliphatic hydroxyl groups is 1. The van der Waals surface area contributed by atoms with Gasteiger partial charge in [-0.25, -0.2) is 12.8 Å². The van der Waals surface area contributed by atoms with Crippen molar-refractivity contribution in [1.82, 2.24) is 4.31 Å². The maximum absolute atomic E-state index is 13.5. The van der Waals surface area contributed by atoms with Crippen LogP contribution in [0.25, 0.3) is 0 Å². The van der Waals surface area contributed by atoms with Gasteiger partial charge in [0.05, 0.1) is 11.8 Å². The van der Waals surface area contributed by atoms with Crippen LogP contribution in [0.2, 0.25) is 0 Å². The molecule has 0 saturated carbocycles. The highest BCUT2D eigenvalue weighted by molar-refractivity contribution is 7.89. The number of sulfonamides is 1. The number of nitrogens with zero attached hydrogens (tertiary/aromatic N) is 1. The highest BCUT2D eigenvalue weighted by atomic mass is 32.2. The average molecular weight is 260 g/mol. The third kappa shape index (κ3) is 2.13. The van der Waals surface area contributed by atoms with Crippen LogP contribution < -0.4 is 5.73 Å². The van der Waals surface area contributed by atoms with E-state index in [1.807, 2.05) is 0 Å². The molecule has 1 atom stereocenters. The Kier molecular flexibility index (Phi) is 3.07. The van der Waals surface area contributed by atoms with E-state index in [1.54, 1.807) is 0 Å². The zero-order valence-electron chi connectivity index (χ0n) is 9.01. The average Bonchev–Trinajstić information content (AvgIpc) is 2.64. The van der Waals surface area contributed by atoms with Crippen LogP contribution in [0.15, 0.2) is 23.1 Å². The van der Waals surface area contributed by atoms with Crippen LogP contribution >= 0.6 is 0 Å². The molecule has 5 nitrogen and oxygen atoms in total.